The molecule has 1 atom stereocenters. The first-order valence-corrected chi connectivity index (χ1v) is 12.5. The minimum atomic E-state index is -4.46. The van der Waals surface area contributed by atoms with Crippen molar-refractivity contribution in [3.05, 3.63) is 65.4 Å². The minimum absolute atomic E-state index is 0.0910. The van der Waals surface area contributed by atoms with Crippen LogP contribution in [-0.4, -0.2) is 60.9 Å². The molecule has 1 amide bonds. The van der Waals surface area contributed by atoms with Gasteiger partial charge in [0.05, 0.1) is 43.0 Å². The largest absolute Gasteiger partial charge is 0.407 e. The summed E-state index contributed by atoms with van der Waals surface area (Å²) in [5, 5.41) is 12.4. The van der Waals surface area contributed by atoms with E-state index in [2.05, 4.69) is 6.07 Å². The monoisotopic (exact) mass is 512 g/mol. The van der Waals surface area contributed by atoms with E-state index in [0.717, 1.165) is 23.1 Å². The quantitative estimate of drug-likeness (QED) is 0.489. The maximum atomic E-state index is 13.8. The van der Waals surface area contributed by atoms with Gasteiger partial charge >= 0.3 is 6.18 Å². The highest BCUT2D eigenvalue weighted by molar-refractivity contribution is 5.79. The number of alkyl halides is 3. The number of anilines is 1. The van der Waals surface area contributed by atoms with Gasteiger partial charge in [-0.15, -0.1) is 0 Å². The Bertz CT molecular complexity index is 1180. The smallest absolute Gasteiger partial charge is 0.378 e. The maximum Gasteiger partial charge on any atom is 0.407 e. The highest BCUT2D eigenvalue weighted by Crippen LogP contribution is 2.40. The molecule has 2 aromatic rings. The molecule has 4 rings (SSSR count). The lowest BCUT2D eigenvalue weighted by atomic mass is 9.99. The molecule has 0 aromatic heterocycles. The molecular formula is C28H31F3N4O2. The van der Waals surface area contributed by atoms with E-state index in [1.54, 1.807) is 34.2 Å². The average Bonchev–Trinajstić information content (AvgIpc) is 3.13. The molecule has 0 saturated carbocycles. The van der Waals surface area contributed by atoms with Gasteiger partial charge in [0.1, 0.15) is 6.54 Å². The molecular weight excluding hydrogens is 481 g/mol. The Morgan fingerprint density at radius 1 is 1.11 bits per heavy atom. The molecule has 2 aliphatic rings. The van der Waals surface area contributed by atoms with Crippen LogP contribution in [-0.2, 0) is 9.53 Å². The normalized spacial score (nSPS) is 18.4. The van der Waals surface area contributed by atoms with E-state index in [1.165, 1.54) is 5.01 Å². The first-order chi connectivity index (χ1) is 17.7. The Morgan fingerprint density at radius 2 is 1.78 bits per heavy atom. The average molecular weight is 513 g/mol. The fraction of sp³-hybridized carbons (Fsp3) is 0.429. The Kier molecular flexibility index (Phi) is 8.08. The van der Waals surface area contributed by atoms with Gasteiger partial charge in [-0.25, -0.2) is 0 Å². The summed E-state index contributed by atoms with van der Waals surface area (Å²) in [6, 6.07) is 16.3. The van der Waals surface area contributed by atoms with Crippen LogP contribution in [0.25, 0.3) is 11.1 Å². The van der Waals surface area contributed by atoms with Crippen LogP contribution >= 0.6 is 0 Å². The van der Waals surface area contributed by atoms with E-state index < -0.39 is 12.7 Å². The third-order valence-corrected chi connectivity index (χ3v) is 6.89. The zero-order valence-electron chi connectivity index (χ0n) is 21.1. The van der Waals surface area contributed by atoms with Gasteiger partial charge in [0.2, 0.25) is 5.91 Å². The standard InChI is InChI=1S/C28H31F3N4O2/c1-3-6-25-20(2)26(17-27(36)33-13-15-37-16-14-33)34(19-28(29,30)31)35(25)23-11-9-21(10-12-23)24-8-5-4-7-22(24)18-32/h4-5,7-12,25H,3,6,13-17,19H2,1-2H3. The van der Waals surface area contributed by atoms with Crippen LogP contribution in [0.5, 0.6) is 0 Å². The minimum Gasteiger partial charge on any atom is -0.378 e. The summed E-state index contributed by atoms with van der Waals surface area (Å²) < 4.78 is 46.8. The number of hydrogen-bond acceptors (Lipinski definition) is 5. The number of carbonyl (C=O) groups excluding carboxylic acids is 1. The second-order valence-electron chi connectivity index (χ2n) is 9.33. The number of morpholine rings is 1. The Hall–Kier alpha value is -3.51. The summed E-state index contributed by atoms with van der Waals surface area (Å²) in [7, 11) is 0. The van der Waals surface area contributed by atoms with Crippen LogP contribution in [0.1, 0.15) is 38.7 Å². The zero-order valence-corrected chi connectivity index (χ0v) is 21.1. The van der Waals surface area contributed by atoms with Gasteiger partial charge in [0.25, 0.3) is 0 Å². The fourth-order valence-electron chi connectivity index (χ4n) is 5.08. The molecule has 0 radical (unpaired) electrons. The number of hydrazine groups is 1. The summed E-state index contributed by atoms with van der Waals surface area (Å²) in [6.07, 6.45) is -3.13. The summed E-state index contributed by atoms with van der Waals surface area (Å²) >= 11 is 0. The van der Waals surface area contributed by atoms with E-state index >= 15 is 0 Å². The van der Waals surface area contributed by atoms with Gasteiger partial charge in [-0.05, 0) is 48.2 Å². The number of halogens is 3. The van der Waals surface area contributed by atoms with Gasteiger partial charge in [0.15, 0.2) is 0 Å². The van der Waals surface area contributed by atoms with Crippen molar-refractivity contribution < 1.29 is 22.7 Å². The number of amides is 1. The molecule has 6 nitrogen and oxygen atoms in total. The number of hydrogen-bond donors (Lipinski definition) is 0. The van der Waals surface area contributed by atoms with Crippen molar-refractivity contribution in [2.24, 2.45) is 0 Å². The Morgan fingerprint density at radius 3 is 2.41 bits per heavy atom. The molecule has 2 aromatic carbocycles. The van der Waals surface area contributed by atoms with E-state index in [1.807, 2.05) is 38.1 Å². The van der Waals surface area contributed by atoms with Crippen LogP contribution in [0.15, 0.2) is 59.8 Å². The molecule has 1 unspecified atom stereocenters. The molecule has 9 heteroatoms. The molecule has 2 aliphatic heterocycles. The van der Waals surface area contributed by atoms with Crippen LogP contribution < -0.4 is 5.01 Å². The van der Waals surface area contributed by atoms with E-state index in [0.29, 0.717) is 49.7 Å². The van der Waals surface area contributed by atoms with Crippen LogP contribution in [0.3, 0.4) is 0 Å². The van der Waals surface area contributed by atoms with Gasteiger partial charge in [-0.1, -0.05) is 43.7 Å². The van der Waals surface area contributed by atoms with Crippen molar-refractivity contribution in [1.29, 1.82) is 5.26 Å². The Balaban J connectivity index is 1.69. The topological polar surface area (TPSA) is 59.8 Å². The lowest BCUT2D eigenvalue weighted by Gasteiger charge is -2.38. The van der Waals surface area contributed by atoms with Gasteiger partial charge in [-0.3, -0.25) is 14.8 Å². The van der Waals surface area contributed by atoms with Crippen molar-refractivity contribution in [3.63, 3.8) is 0 Å². The number of benzene rings is 2. The summed E-state index contributed by atoms with van der Waals surface area (Å²) in [5.74, 6) is -0.189. The second kappa shape index (κ2) is 11.3. The number of nitriles is 1. The number of ether oxygens (including phenoxy) is 1. The molecule has 37 heavy (non-hydrogen) atoms. The summed E-state index contributed by atoms with van der Waals surface area (Å²) in [4.78, 5) is 14.7. The van der Waals surface area contributed by atoms with Gasteiger partial charge in [-0.2, -0.15) is 18.4 Å². The van der Waals surface area contributed by atoms with E-state index in [9.17, 15) is 23.2 Å². The lowest BCUT2D eigenvalue weighted by Crippen LogP contribution is -2.48. The van der Waals surface area contributed by atoms with Crippen molar-refractivity contribution >= 4 is 11.6 Å². The molecule has 196 valence electrons. The van der Waals surface area contributed by atoms with Crippen LogP contribution in [0.2, 0.25) is 0 Å². The van der Waals surface area contributed by atoms with Crippen molar-refractivity contribution in [1.82, 2.24) is 9.91 Å². The third kappa shape index (κ3) is 5.91. The van der Waals surface area contributed by atoms with E-state index in [-0.39, 0.29) is 18.4 Å². The zero-order chi connectivity index (χ0) is 26.6. The van der Waals surface area contributed by atoms with E-state index in [4.69, 9.17) is 4.74 Å². The molecule has 0 N–H and O–H groups in total. The highest BCUT2D eigenvalue weighted by atomic mass is 19.4. The van der Waals surface area contributed by atoms with Crippen molar-refractivity contribution in [2.45, 2.75) is 45.3 Å². The highest BCUT2D eigenvalue weighted by Gasteiger charge is 2.43. The number of nitrogens with zero attached hydrogens (tertiary/aromatic N) is 4. The summed E-state index contributed by atoms with van der Waals surface area (Å²) in [6.45, 7) is 4.40. The number of rotatable bonds is 7. The molecule has 2 heterocycles. The predicted octanol–water partition coefficient (Wildman–Crippen LogP) is 5.52. The number of carbonyl (C=O) groups is 1. The van der Waals surface area contributed by atoms with Crippen molar-refractivity contribution in [3.8, 4) is 17.2 Å². The first kappa shape index (κ1) is 26.6. The second-order valence-corrected chi connectivity index (χ2v) is 9.33. The van der Waals surface area contributed by atoms with Crippen molar-refractivity contribution in [2.75, 3.05) is 37.9 Å². The first-order valence-electron chi connectivity index (χ1n) is 12.5. The Labute approximate surface area is 215 Å². The molecule has 0 bridgehead atoms. The van der Waals surface area contributed by atoms with Crippen LogP contribution in [0.4, 0.5) is 18.9 Å². The maximum absolute atomic E-state index is 13.8. The molecule has 0 spiro atoms. The molecule has 1 saturated heterocycles. The molecule has 1 fully saturated rings. The SMILES string of the molecule is CCCC1C(C)=C(CC(=O)N2CCOCC2)N(CC(F)(F)F)N1c1ccc(-c2ccccc2C#N)cc1. The van der Waals surface area contributed by atoms with Gasteiger partial charge < -0.3 is 9.64 Å². The lowest BCUT2D eigenvalue weighted by molar-refractivity contribution is -0.145. The predicted molar refractivity (Wildman–Crippen MR) is 135 cm³/mol. The fourth-order valence-corrected chi connectivity index (χ4v) is 5.08. The third-order valence-electron chi connectivity index (χ3n) is 6.89. The van der Waals surface area contributed by atoms with Gasteiger partial charge in [0, 0.05) is 18.8 Å². The molecule has 0 aliphatic carbocycles. The van der Waals surface area contributed by atoms with Crippen LogP contribution in [0, 0.1) is 11.3 Å². The summed E-state index contributed by atoms with van der Waals surface area (Å²) in [5.41, 5.74) is 3.90.